The monoisotopic (exact) mass is 360 g/mol. The van der Waals surface area contributed by atoms with Gasteiger partial charge >= 0.3 is 0 Å². The summed E-state index contributed by atoms with van der Waals surface area (Å²) in [6.45, 7) is 12.0. The number of allylic oxidation sites excluding steroid dienone is 1. The van der Waals surface area contributed by atoms with Crippen LogP contribution >= 0.6 is 0 Å². The van der Waals surface area contributed by atoms with Crippen LogP contribution < -0.4 is 0 Å². The molecule has 0 heterocycles. The summed E-state index contributed by atoms with van der Waals surface area (Å²) < 4.78 is 6.84. The minimum Gasteiger partial charge on any atom is -0.412 e. The molecule has 3 saturated carbocycles. The van der Waals surface area contributed by atoms with Gasteiger partial charge in [-0.1, -0.05) is 12.5 Å². The molecular weight excluding hydrogens is 324 g/mol. The van der Waals surface area contributed by atoms with Crippen molar-refractivity contribution < 1.29 is 9.22 Å². The number of fused-ring (bicyclic) bond motifs is 5. The van der Waals surface area contributed by atoms with E-state index in [1.54, 1.807) is 0 Å². The van der Waals surface area contributed by atoms with E-state index in [0.717, 1.165) is 30.6 Å². The third-order valence-corrected chi connectivity index (χ3v) is 9.42. The number of carbonyl (C=O) groups excluding carboxylic acids is 1. The van der Waals surface area contributed by atoms with Gasteiger partial charge in [-0.2, -0.15) is 0 Å². The first-order chi connectivity index (χ1) is 11.6. The molecule has 4 rings (SSSR count). The predicted octanol–water partition coefficient (Wildman–Crippen LogP) is 5.74. The van der Waals surface area contributed by atoms with Crippen molar-refractivity contribution in [3.8, 4) is 0 Å². The molecule has 0 amide bonds. The first-order valence-corrected chi connectivity index (χ1v) is 14.0. The molecule has 0 saturated heterocycles. The Morgan fingerprint density at radius 1 is 1.00 bits per heavy atom. The average molecular weight is 361 g/mol. The van der Waals surface area contributed by atoms with Crippen LogP contribution in [0.5, 0.6) is 0 Å². The van der Waals surface area contributed by atoms with Crippen LogP contribution in [0.15, 0.2) is 11.6 Å². The molecule has 4 aliphatic carbocycles. The van der Waals surface area contributed by atoms with Crippen LogP contribution in [-0.2, 0) is 9.22 Å². The number of hydrogen-bond acceptors (Lipinski definition) is 2. The van der Waals surface area contributed by atoms with Gasteiger partial charge in [-0.25, -0.2) is 0 Å². The first kappa shape index (κ1) is 18.0. The molecule has 0 unspecified atom stereocenters. The largest absolute Gasteiger partial charge is 0.412 e. The summed E-state index contributed by atoms with van der Waals surface area (Å²) in [6.07, 6.45) is 11.7. The lowest BCUT2D eigenvalue weighted by atomic mass is 9.51. The molecule has 0 radical (unpaired) electrons. The maximum absolute atomic E-state index is 11.8. The Kier molecular flexibility index (Phi) is 4.16. The van der Waals surface area contributed by atoms with Gasteiger partial charge in [0.15, 0.2) is 14.1 Å². The summed E-state index contributed by atoms with van der Waals surface area (Å²) in [6, 6.07) is 0. The van der Waals surface area contributed by atoms with Crippen LogP contribution in [0.2, 0.25) is 19.6 Å². The highest BCUT2D eigenvalue weighted by atomic mass is 28.4. The van der Waals surface area contributed by atoms with Crippen molar-refractivity contribution in [2.45, 2.75) is 90.5 Å². The standard InChI is InChI=1S/C22H36O2Si/c1-21-12-10-18-17-9-7-16(23)14-15(17)6-8-19(18)20(21)11-13-22(21,2)24-25(3,4)5/h14,17-20H,6-13H2,1-5H3/t17-,18+,19+,20+,21+,22-/m0/s1. The van der Waals surface area contributed by atoms with Crippen LogP contribution in [0.3, 0.4) is 0 Å². The Bertz CT molecular complexity index is 604. The zero-order valence-electron chi connectivity index (χ0n) is 16.9. The van der Waals surface area contributed by atoms with Gasteiger partial charge in [0.2, 0.25) is 0 Å². The van der Waals surface area contributed by atoms with Gasteiger partial charge in [-0.15, -0.1) is 0 Å². The lowest BCUT2D eigenvalue weighted by Gasteiger charge is -2.57. The van der Waals surface area contributed by atoms with Gasteiger partial charge in [0.05, 0.1) is 5.60 Å². The molecule has 6 atom stereocenters. The number of carbonyl (C=O) groups is 1. The summed E-state index contributed by atoms with van der Waals surface area (Å²) in [5, 5.41) is 0. The van der Waals surface area contributed by atoms with Gasteiger partial charge in [0.25, 0.3) is 0 Å². The first-order valence-electron chi connectivity index (χ1n) is 10.6. The predicted molar refractivity (Wildman–Crippen MR) is 105 cm³/mol. The molecule has 0 N–H and O–H groups in total. The van der Waals surface area contributed by atoms with Crippen molar-refractivity contribution in [1.29, 1.82) is 0 Å². The number of ketones is 1. The summed E-state index contributed by atoms with van der Waals surface area (Å²) in [7, 11) is -1.54. The van der Waals surface area contributed by atoms with E-state index in [1.165, 1.54) is 44.1 Å². The highest BCUT2D eigenvalue weighted by Gasteiger charge is 2.62. The molecule has 0 aromatic heterocycles. The summed E-state index contributed by atoms with van der Waals surface area (Å²) in [4.78, 5) is 11.8. The van der Waals surface area contributed by atoms with E-state index in [-0.39, 0.29) is 5.60 Å². The fourth-order valence-corrected chi connectivity index (χ4v) is 8.94. The van der Waals surface area contributed by atoms with E-state index in [4.69, 9.17) is 4.43 Å². The summed E-state index contributed by atoms with van der Waals surface area (Å²) in [5.41, 5.74) is 1.92. The second-order valence-electron chi connectivity index (χ2n) is 10.7. The van der Waals surface area contributed by atoms with Crippen molar-refractivity contribution in [2.75, 3.05) is 0 Å². The fourth-order valence-electron chi connectivity index (χ4n) is 7.25. The molecule has 0 spiro atoms. The normalized spacial score (nSPS) is 46.9. The molecule has 0 aliphatic heterocycles. The number of rotatable bonds is 2. The van der Waals surface area contributed by atoms with Crippen molar-refractivity contribution in [1.82, 2.24) is 0 Å². The molecule has 3 fully saturated rings. The van der Waals surface area contributed by atoms with Crippen LogP contribution in [-0.4, -0.2) is 19.7 Å². The van der Waals surface area contributed by atoms with Crippen molar-refractivity contribution in [2.24, 2.45) is 29.1 Å². The van der Waals surface area contributed by atoms with Gasteiger partial charge in [0, 0.05) is 6.42 Å². The second-order valence-corrected chi connectivity index (χ2v) is 15.2. The Balaban J connectivity index is 1.60. The Morgan fingerprint density at radius 2 is 1.76 bits per heavy atom. The molecule has 4 aliphatic rings. The zero-order chi connectivity index (χ0) is 18.0. The molecule has 0 bridgehead atoms. The lowest BCUT2D eigenvalue weighted by Crippen LogP contribution is -2.55. The van der Waals surface area contributed by atoms with Crippen LogP contribution in [0.4, 0.5) is 0 Å². The van der Waals surface area contributed by atoms with E-state index in [0.29, 0.717) is 17.1 Å². The average Bonchev–Trinajstić information content (AvgIpc) is 2.76. The fraction of sp³-hybridized carbons (Fsp3) is 0.864. The van der Waals surface area contributed by atoms with E-state index in [9.17, 15) is 4.79 Å². The Labute approximate surface area is 154 Å². The van der Waals surface area contributed by atoms with Gasteiger partial charge < -0.3 is 4.43 Å². The van der Waals surface area contributed by atoms with Crippen molar-refractivity contribution >= 4 is 14.1 Å². The SMILES string of the molecule is C[C@]1(O[Si](C)(C)C)CC[C@@H]2[C@@H]3CCC4=CC(=O)CC[C@@H]4[C@H]3CC[C@]21C. The highest BCUT2D eigenvalue weighted by Crippen LogP contribution is 2.66. The molecule has 0 aromatic carbocycles. The van der Waals surface area contributed by atoms with Crippen molar-refractivity contribution in [3.05, 3.63) is 11.6 Å². The smallest absolute Gasteiger partial charge is 0.184 e. The van der Waals surface area contributed by atoms with Crippen molar-refractivity contribution in [3.63, 3.8) is 0 Å². The maximum Gasteiger partial charge on any atom is 0.184 e. The van der Waals surface area contributed by atoms with Gasteiger partial charge in [-0.05, 0) is 107 Å². The van der Waals surface area contributed by atoms with E-state index >= 15 is 0 Å². The maximum atomic E-state index is 11.8. The number of hydrogen-bond donors (Lipinski definition) is 0. The van der Waals surface area contributed by atoms with Gasteiger partial charge in [-0.3, -0.25) is 4.79 Å². The van der Waals surface area contributed by atoms with E-state index in [2.05, 4.69) is 33.5 Å². The van der Waals surface area contributed by atoms with Crippen LogP contribution in [0, 0.1) is 29.1 Å². The summed E-state index contributed by atoms with van der Waals surface area (Å²) >= 11 is 0. The second kappa shape index (κ2) is 5.79. The minimum atomic E-state index is -1.54. The molecule has 2 nitrogen and oxygen atoms in total. The third kappa shape index (κ3) is 2.81. The van der Waals surface area contributed by atoms with E-state index in [1.807, 2.05) is 6.08 Å². The van der Waals surface area contributed by atoms with Crippen LogP contribution in [0.1, 0.15) is 65.2 Å². The van der Waals surface area contributed by atoms with Gasteiger partial charge in [0.1, 0.15) is 0 Å². The molecular formula is C22H36O2Si. The quantitative estimate of drug-likeness (QED) is 0.587. The highest BCUT2D eigenvalue weighted by molar-refractivity contribution is 6.69. The lowest BCUT2D eigenvalue weighted by molar-refractivity contribution is -0.117. The van der Waals surface area contributed by atoms with E-state index < -0.39 is 8.32 Å². The minimum absolute atomic E-state index is 0.0752. The molecule has 0 aromatic rings. The third-order valence-electron chi connectivity index (χ3n) is 8.36. The molecule has 25 heavy (non-hydrogen) atoms. The molecule has 3 heteroatoms. The summed E-state index contributed by atoms with van der Waals surface area (Å²) in [5.74, 6) is 3.61. The Morgan fingerprint density at radius 3 is 2.48 bits per heavy atom. The topological polar surface area (TPSA) is 26.3 Å². The van der Waals surface area contributed by atoms with Crippen LogP contribution in [0.25, 0.3) is 0 Å². The Hall–Kier alpha value is -0.413. The zero-order valence-corrected chi connectivity index (χ0v) is 17.9. The molecule has 140 valence electrons.